The number of pyridine rings is 1. The van der Waals surface area contributed by atoms with Gasteiger partial charge < -0.3 is 5.32 Å². The molecule has 0 unspecified atom stereocenters. The van der Waals surface area contributed by atoms with Crippen LogP contribution in [0.2, 0.25) is 5.02 Å². The highest BCUT2D eigenvalue weighted by Crippen LogP contribution is 2.32. The molecule has 0 spiro atoms. The monoisotopic (exact) mass is 415 g/mol. The van der Waals surface area contributed by atoms with Gasteiger partial charge in [0.2, 0.25) is 0 Å². The summed E-state index contributed by atoms with van der Waals surface area (Å²) >= 11 is 7.50. The average Bonchev–Trinajstić information content (AvgIpc) is 3.21. The van der Waals surface area contributed by atoms with E-state index < -0.39 is 5.91 Å². The standard InChI is InChI=1S/C23H14ClN3OS/c24-21-13-26-9-8-22(21)27-23(28)16(12-25)10-18-11-17(14-29-18)20-7-3-5-15-4-1-2-6-19(15)20/h1-11,13-14H,(H,26,27,28)/b16-10+. The molecule has 0 atom stereocenters. The molecule has 2 aromatic heterocycles. The minimum atomic E-state index is -0.513. The molecule has 4 rings (SSSR count). The summed E-state index contributed by atoms with van der Waals surface area (Å²) in [4.78, 5) is 17.2. The molecule has 0 fully saturated rings. The normalized spacial score (nSPS) is 11.2. The first kappa shape index (κ1) is 18.9. The second-order valence-electron chi connectivity index (χ2n) is 6.24. The Bertz CT molecular complexity index is 1280. The number of nitriles is 1. The van der Waals surface area contributed by atoms with Gasteiger partial charge in [0.25, 0.3) is 5.91 Å². The van der Waals surface area contributed by atoms with Crippen LogP contribution in [0.1, 0.15) is 4.88 Å². The number of amides is 1. The molecule has 0 aliphatic heterocycles. The number of fused-ring (bicyclic) bond motifs is 1. The Hall–Kier alpha value is -3.46. The lowest BCUT2D eigenvalue weighted by Crippen LogP contribution is -2.13. The number of aromatic nitrogens is 1. The zero-order chi connectivity index (χ0) is 20.2. The van der Waals surface area contributed by atoms with Gasteiger partial charge in [0, 0.05) is 17.3 Å². The number of hydrogen-bond acceptors (Lipinski definition) is 4. The zero-order valence-electron chi connectivity index (χ0n) is 15.1. The van der Waals surface area contributed by atoms with Crippen LogP contribution >= 0.6 is 22.9 Å². The van der Waals surface area contributed by atoms with Crippen LogP contribution in [-0.4, -0.2) is 10.9 Å². The third-order valence-corrected chi connectivity index (χ3v) is 5.57. The molecule has 0 aliphatic carbocycles. The molecule has 0 bridgehead atoms. The number of thiophene rings is 1. The number of carbonyl (C=O) groups excluding carboxylic acids is 1. The van der Waals surface area contributed by atoms with Crippen LogP contribution in [0, 0.1) is 11.3 Å². The van der Waals surface area contributed by atoms with Gasteiger partial charge in [0.05, 0.1) is 10.7 Å². The van der Waals surface area contributed by atoms with Crippen molar-refractivity contribution in [1.82, 2.24) is 4.98 Å². The van der Waals surface area contributed by atoms with E-state index >= 15 is 0 Å². The van der Waals surface area contributed by atoms with Crippen LogP contribution in [0.3, 0.4) is 0 Å². The number of carbonyl (C=O) groups is 1. The maximum Gasteiger partial charge on any atom is 0.266 e. The van der Waals surface area contributed by atoms with E-state index in [1.807, 2.05) is 35.7 Å². The van der Waals surface area contributed by atoms with Crippen molar-refractivity contribution in [2.24, 2.45) is 0 Å². The second kappa shape index (κ2) is 8.27. The Labute approximate surface area is 176 Å². The molecule has 6 heteroatoms. The molecular weight excluding hydrogens is 402 g/mol. The van der Waals surface area contributed by atoms with Crippen molar-refractivity contribution in [1.29, 1.82) is 5.26 Å². The van der Waals surface area contributed by atoms with E-state index in [9.17, 15) is 10.1 Å². The summed E-state index contributed by atoms with van der Waals surface area (Å²) in [7, 11) is 0. The van der Waals surface area contributed by atoms with Gasteiger partial charge in [-0.2, -0.15) is 5.26 Å². The number of nitrogens with one attached hydrogen (secondary N) is 1. The highest BCUT2D eigenvalue weighted by atomic mass is 35.5. The number of nitrogens with zero attached hydrogens (tertiary/aromatic N) is 2. The number of rotatable bonds is 4. The molecule has 29 heavy (non-hydrogen) atoms. The molecule has 0 radical (unpaired) electrons. The molecule has 0 saturated heterocycles. The molecule has 1 N–H and O–H groups in total. The first-order valence-corrected chi connectivity index (χ1v) is 10.0. The van der Waals surface area contributed by atoms with E-state index in [0.717, 1.165) is 21.4 Å². The van der Waals surface area contributed by atoms with Crippen molar-refractivity contribution in [2.45, 2.75) is 0 Å². The number of halogens is 1. The van der Waals surface area contributed by atoms with Crippen molar-refractivity contribution in [3.8, 4) is 17.2 Å². The largest absolute Gasteiger partial charge is 0.320 e. The van der Waals surface area contributed by atoms with E-state index in [0.29, 0.717) is 10.7 Å². The van der Waals surface area contributed by atoms with Gasteiger partial charge in [-0.3, -0.25) is 9.78 Å². The van der Waals surface area contributed by atoms with Gasteiger partial charge in [-0.05, 0) is 45.5 Å². The Morgan fingerprint density at radius 2 is 2.00 bits per heavy atom. The lowest BCUT2D eigenvalue weighted by atomic mass is 10.00. The molecule has 2 heterocycles. The fourth-order valence-corrected chi connectivity index (χ4v) is 4.01. The van der Waals surface area contributed by atoms with E-state index in [-0.39, 0.29) is 5.57 Å². The second-order valence-corrected chi connectivity index (χ2v) is 7.59. The minimum Gasteiger partial charge on any atom is -0.320 e. The predicted molar refractivity (Wildman–Crippen MR) is 119 cm³/mol. The van der Waals surface area contributed by atoms with Gasteiger partial charge in [0.1, 0.15) is 11.6 Å². The third kappa shape index (κ3) is 4.04. The van der Waals surface area contributed by atoms with Gasteiger partial charge >= 0.3 is 0 Å². The predicted octanol–water partition coefficient (Wildman–Crippen LogP) is 6.16. The smallest absolute Gasteiger partial charge is 0.266 e. The van der Waals surface area contributed by atoms with Crippen molar-refractivity contribution in [3.63, 3.8) is 0 Å². The van der Waals surface area contributed by atoms with Crippen LogP contribution in [0.5, 0.6) is 0 Å². The Morgan fingerprint density at radius 3 is 2.83 bits per heavy atom. The van der Waals surface area contributed by atoms with Crippen molar-refractivity contribution in [3.05, 3.63) is 87.8 Å². The maximum absolute atomic E-state index is 12.5. The highest BCUT2D eigenvalue weighted by Gasteiger charge is 2.13. The Balaban J connectivity index is 1.63. The van der Waals surface area contributed by atoms with Crippen molar-refractivity contribution >= 4 is 51.4 Å². The summed E-state index contributed by atoms with van der Waals surface area (Å²) < 4.78 is 0. The summed E-state index contributed by atoms with van der Waals surface area (Å²) in [5.74, 6) is -0.513. The van der Waals surface area contributed by atoms with Crippen LogP contribution in [-0.2, 0) is 4.79 Å². The van der Waals surface area contributed by atoms with Crippen molar-refractivity contribution < 1.29 is 4.79 Å². The van der Waals surface area contributed by atoms with E-state index in [1.165, 1.54) is 29.1 Å². The van der Waals surface area contributed by atoms with Gasteiger partial charge in [-0.15, -0.1) is 11.3 Å². The maximum atomic E-state index is 12.5. The van der Waals surface area contributed by atoms with Gasteiger partial charge in [-0.1, -0.05) is 54.1 Å². The Kier molecular flexibility index (Phi) is 5.39. The summed E-state index contributed by atoms with van der Waals surface area (Å²) in [5.41, 5.74) is 2.58. The topological polar surface area (TPSA) is 65.8 Å². The Morgan fingerprint density at radius 1 is 1.17 bits per heavy atom. The minimum absolute atomic E-state index is 0.00389. The quantitative estimate of drug-likeness (QED) is 0.320. The summed E-state index contributed by atoms with van der Waals surface area (Å²) in [6.07, 6.45) is 4.54. The first-order chi connectivity index (χ1) is 14.2. The SMILES string of the molecule is N#C/C(=C\c1cc(-c2cccc3ccccc23)cs1)C(=O)Nc1ccncc1Cl. The molecule has 2 aromatic carbocycles. The number of hydrogen-bond donors (Lipinski definition) is 1. The molecule has 0 saturated carbocycles. The molecule has 140 valence electrons. The summed E-state index contributed by atoms with van der Waals surface area (Å²) in [5, 5.41) is 16.8. The summed E-state index contributed by atoms with van der Waals surface area (Å²) in [6.45, 7) is 0. The fraction of sp³-hybridized carbons (Fsp3) is 0. The molecule has 1 amide bonds. The molecular formula is C23H14ClN3OS. The van der Waals surface area contributed by atoms with E-state index in [4.69, 9.17) is 11.6 Å². The van der Waals surface area contributed by atoms with Gasteiger partial charge in [-0.25, -0.2) is 0 Å². The summed E-state index contributed by atoms with van der Waals surface area (Å²) in [6, 6.07) is 19.9. The highest BCUT2D eigenvalue weighted by molar-refractivity contribution is 7.11. The lowest BCUT2D eigenvalue weighted by Gasteiger charge is -2.05. The fourth-order valence-electron chi connectivity index (χ4n) is 3.00. The van der Waals surface area contributed by atoms with Crippen molar-refractivity contribution in [2.75, 3.05) is 5.32 Å². The number of anilines is 1. The first-order valence-electron chi connectivity index (χ1n) is 8.75. The molecule has 0 aliphatic rings. The zero-order valence-corrected chi connectivity index (χ0v) is 16.7. The van der Waals surface area contributed by atoms with Crippen LogP contribution in [0.15, 0.2) is 77.9 Å². The van der Waals surface area contributed by atoms with E-state index in [2.05, 4.69) is 34.6 Å². The van der Waals surface area contributed by atoms with E-state index in [1.54, 1.807) is 12.1 Å². The van der Waals surface area contributed by atoms with Crippen LogP contribution < -0.4 is 5.32 Å². The third-order valence-electron chi connectivity index (χ3n) is 4.39. The molecule has 4 nitrogen and oxygen atoms in total. The average molecular weight is 416 g/mol. The van der Waals surface area contributed by atoms with Crippen LogP contribution in [0.4, 0.5) is 5.69 Å². The number of benzene rings is 2. The lowest BCUT2D eigenvalue weighted by molar-refractivity contribution is -0.112. The van der Waals surface area contributed by atoms with Crippen LogP contribution in [0.25, 0.3) is 28.0 Å². The van der Waals surface area contributed by atoms with Gasteiger partial charge in [0.15, 0.2) is 0 Å². The molecule has 4 aromatic rings.